The molecule has 92 valence electrons. The van der Waals surface area contributed by atoms with Crippen molar-refractivity contribution in [3.05, 3.63) is 22.1 Å². The molecule has 0 aliphatic rings. The largest absolute Gasteiger partial charge is 0.357 e. The van der Waals surface area contributed by atoms with Crippen LogP contribution in [0.1, 0.15) is 32.4 Å². The van der Waals surface area contributed by atoms with Crippen LogP contribution in [0.15, 0.2) is 10.9 Å². The van der Waals surface area contributed by atoms with Crippen LogP contribution in [0.3, 0.4) is 0 Å². The lowest BCUT2D eigenvalue weighted by Gasteiger charge is -2.12. The Morgan fingerprint density at radius 3 is 2.82 bits per heavy atom. The molecule has 2 aromatic heterocycles. The highest BCUT2D eigenvalue weighted by atomic mass is 32.1. The quantitative estimate of drug-likeness (QED) is 0.905. The van der Waals surface area contributed by atoms with E-state index in [0.29, 0.717) is 11.0 Å². The molecule has 2 heterocycles. The van der Waals surface area contributed by atoms with Crippen molar-refractivity contribution < 1.29 is 0 Å². The van der Waals surface area contributed by atoms with Gasteiger partial charge in [-0.15, -0.1) is 5.10 Å². The van der Waals surface area contributed by atoms with Gasteiger partial charge in [-0.05, 0) is 19.8 Å². The molecule has 1 N–H and O–H groups in total. The third-order valence-corrected chi connectivity index (χ3v) is 3.53. The molecule has 0 aliphatic carbocycles. The van der Waals surface area contributed by atoms with Crippen molar-refractivity contribution in [2.45, 2.75) is 39.7 Å². The fourth-order valence-corrected chi connectivity index (χ4v) is 2.57. The van der Waals surface area contributed by atoms with Crippen molar-refractivity contribution in [1.82, 2.24) is 14.6 Å². The molecule has 0 fully saturated rings. The Kier molecular flexibility index (Phi) is 3.42. The molecule has 0 aliphatic heterocycles. The standard InChI is InChI=1S/C11H16N4OS/c1-4-8(5-2)13-10-14-15-9(16)6-7(3)12-11(15)17-10/h6,8H,4-5H2,1-3H3,(H,13,14). The molecule has 0 radical (unpaired) electrons. The van der Waals surface area contributed by atoms with Gasteiger partial charge in [0.05, 0.1) is 0 Å². The summed E-state index contributed by atoms with van der Waals surface area (Å²) in [5.74, 6) is 0. The number of aromatic nitrogens is 3. The Labute approximate surface area is 104 Å². The van der Waals surface area contributed by atoms with Crippen LogP contribution in [0, 0.1) is 6.92 Å². The molecular formula is C11H16N4OS. The van der Waals surface area contributed by atoms with Crippen molar-refractivity contribution in [1.29, 1.82) is 0 Å². The van der Waals surface area contributed by atoms with Crippen LogP contribution >= 0.6 is 11.3 Å². The topological polar surface area (TPSA) is 59.3 Å². The lowest BCUT2D eigenvalue weighted by molar-refractivity contribution is 0.668. The molecule has 0 spiro atoms. The van der Waals surface area contributed by atoms with Crippen LogP contribution in [0.4, 0.5) is 5.13 Å². The van der Waals surface area contributed by atoms with Gasteiger partial charge in [-0.1, -0.05) is 25.2 Å². The van der Waals surface area contributed by atoms with Crippen LogP contribution in [0.5, 0.6) is 0 Å². The maximum atomic E-state index is 11.7. The van der Waals surface area contributed by atoms with Gasteiger partial charge in [-0.25, -0.2) is 4.98 Å². The molecule has 2 rings (SSSR count). The summed E-state index contributed by atoms with van der Waals surface area (Å²) in [7, 11) is 0. The summed E-state index contributed by atoms with van der Waals surface area (Å²) in [6, 6.07) is 1.89. The number of aryl methyl sites for hydroxylation is 1. The molecule has 0 saturated heterocycles. The Balaban J connectivity index is 2.38. The van der Waals surface area contributed by atoms with Gasteiger partial charge < -0.3 is 5.32 Å². The van der Waals surface area contributed by atoms with Gasteiger partial charge in [-0.3, -0.25) is 4.79 Å². The Hall–Kier alpha value is -1.43. The molecule has 5 nitrogen and oxygen atoms in total. The maximum Gasteiger partial charge on any atom is 0.275 e. The number of fused-ring (bicyclic) bond motifs is 1. The lowest BCUT2D eigenvalue weighted by Crippen LogP contribution is -2.18. The molecule has 0 amide bonds. The Bertz CT molecular complexity index is 570. The van der Waals surface area contributed by atoms with Gasteiger partial charge in [0, 0.05) is 17.8 Å². The molecule has 2 aromatic rings. The minimum absolute atomic E-state index is 0.124. The van der Waals surface area contributed by atoms with Crippen molar-refractivity contribution in [2.24, 2.45) is 0 Å². The van der Waals surface area contributed by atoms with E-state index in [0.717, 1.165) is 23.7 Å². The highest BCUT2D eigenvalue weighted by Gasteiger charge is 2.10. The van der Waals surface area contributed by atoms with Gasteiger partial charge in [-0.2, -0.15) is 4.52 Å². The minimum atomic E-state index is -0.124. The van der Waals surface area contributed by atoms with E-state index in [1.807, 2.05) is 6.92 Å². The summed E-state index contributed by atoms with van der Waals surface area (Å²) in [6.07, 6.45) is 2.07. The first kappa shape index (κ1) is 12.0. The molecule has 17 heavy (non-hydrogen) atoms. The average Bonchev–Trinajstić information content (AvgIpc) is 2.68. The number of hydrogen-bond acceptors (Lipinski definition) is 5. The second kappa shape index (κ2) is 4.83. The zero-order valence-electron chi connectivity index (χ0n) is 10.2. The van der Waals surface area contributed by atoms with Crippen molar-refractivity contribution in [3.63, 3.8) is 0 Å². The van der Waals surface area contributed by atoms with Crippen molar-refractivity contribution >= 4 is 21.4 Å². The number of anilines is 1. The first-order valence-corrected chi connectivity index (χ1v) is 6.59. The van der Waals surface area contributed by atoms with E-state index in [4.69, 9.17) is 0 Å². The third-order valence-electron chi connectivity index (χ3n) is 2.69. The van der Waals surface area contributed by atoms with Crippen LogP contribution in [0.25, 0.3) is 4.96 Å². The summed E-state index contributed by atoms with van der Waals surface area (Å²) in [4.78, 5) is 16.6. The molecular weight excluding hydrogens is 236 g/mol. The summed E-state index contributed by atoms with van der Waals surface area (Å²) in [6.45, 7) is 6.07. The zero-order valence-corrected chi connectivity index (χ0v) is 11.0. The van der Waals surface area contributed by atoms with Gasteiger partial charge in [0.25, 0.3) is 5.56 Å². The van der Waals surface area contributed by atoms with E-state index < -0.39 is 0 Å². The monoisotopic (exact) mass is 252 g/mol. The SMILES string of the molecule is CCC(CC)Nc1nn2c(=O)cc(C)nc2s1. The maximum absolute atomic E-state index is 11.7. The van der Waals surface area contributed by atoms with E-state index in [2.05, 4.69) is 29.2 Å². The predicted molar refractivity (Wildman–Crippen MR) is 69.9 cm³/mol. The Morgan fingerprint density at radius 2 is 2.18 bits per heavy atom. The van der Waals surface area contributed by atoms with E-state index in [1.54, 1.807) is 0 Å². The predicted octanol–water partition coefficient (Wildman–Crippen LogP) is 2.06. The third kappa shape index (κ3) is 2.46. The molecule has 0 atom stereocenters. The summed E-state index contributed by atoms with van der Waals surface area (Å²) < 4.78 is 1.35. The Morgan fingerprint density at radius 1 is 1.47 bits per heavy atom. The minimum Gasteiger partial charge on any atom is -0.357 e. The number of nitrogens with one attached hydrogen (secondary N) is 1. The van der Waals surface area contributed by atoms with Gasteiger partial charge in [0.2, 0.25) is 10.1 Å². The van der Waals surface area contributed by atoms with Crippen molar-refractivity contribution in [3.8, 4) is 0 Å². The highest BCUT2D eigenvalue weighted by molar-refractivity contribution is 7.20. The average molecular weight is 252 g/mol. The van der Waals surface area contributed by atoms with E-state index in [-0.39, 0.29) is 5.56 Å². The zero-order chi connectivity index (χ0) is 12.4. The van der Waals surface area contributed by atoms with Crippen molar-refractivity contribution in [2.75, 3.05) is 5.32 Å². The summed E-state index contributed by atoms with van der Waals surface area (Å²) >= 11 is 1.41. The van der Waals surface area contributed by atoms with E-state index in [9.17, 15) is 4.79 Å². The normalized spacial score (nSPS) is 11.3. The smallest absolute Gasteiger partial charge is 0.275 e. The fraction of sp³-hybridized carbons (Fsp3) is 0.545. The number of nitrogens with zero attached hydrogens (tertiary/aromatic N) is 3. The highest BCUT2D eigenvalue weighted by Crippen LogP contribution is 2.18. The molecule has 0 aromatic carbocycles. The van der Waals surface area contributed by atoms with Gasteiger partial charge in [0.1, 0.15) is 0 Å². The number of rotatable bonds is 4. The second-order valence-corrected chi connectivity index (χ2v) is 4.95. The first-order chi connectivity index (χ1) is 8.13. The van der Waals surface area contributed by atoms with Crippen LogP contribution < -0.4 is 10.9 Å². The molecule has 6 heteroatoms. The van der Waals surface area contributed by atoms with Crippen LogP contribution in [-0.2, 0) is 0 Å². The fourth-order valence-electron chi connectivity index (χ4n) is 1.65. The van der Waals surface area contributed by atoms with E-state index >= 15 is 0 Å². The molecule has 0 saturated carbocycles. The summed E-state index contributed by atoms with van der Waals surface area (Å²) in [5, 5.41) is 8.32. The number of hydrogen-bond donors (Lipinski definition) is 1. The van der Waals surface area contributed by atoms with Crippen LogP contribution in [0.2, 0.25) is 0 Å². The van der Waals surface area contributed by atoms with Gasteiger partial charge in [0.15, 0.2) is 0 Å². The first-order valence-electron chi connectivity index (χ1n) is 5.78. The van der Waals surface area contributed by atoms with E-state index in [1.165, 1.54) is 21.9 Å². The molecule has 0 bridgehead atoms. The van der Waals surface area contributed by atoms with Crippen LogP contribution in [-0.4, -0.2) is 20.6 Å². The molecule has 0 unspecified atom stereocenters. The van der Waals surface area contributed by atoms with Gasteiger partial charge >= 0.3 is 0 Å². The second-order valence-electron chi connectivity index (χ2n) is 4.00. The summed E-state index contributed by atoms with van der Waals surface area (Å²) in [5.41, 5.74) is 0.606. The lowest BCUT2D eigenvalue weighted by atomic mass is 10.2.